The van der Waals surface area contributed by atoms with Gasteiger partial charge in [-0.2, -0.15) is 0 Å². The van der Waals surface area contributed by atoms with E-state index in [2.05, 4.69) is 15.5 Å². The molecule has 0 aliphatic carbocycles. The molecule has 4 amide bonds. The number of fused-ring (bicyclic) bond motifs is 1. The van der Waals surface area contributed by atoms with Crippen LogP contribution in [0.4, 0.5) is 0 Å². The second-order valence-corrected chi connectivity index (χ2v) is 8.67. The number of nitrogens with one attached hydrogen (secondary N) is 2. The van der Waals surface area contributed by atoms with E-state index in [4.69, 9.17) is 0 Å². The van der Waals surface area contributed by atoms with E-state index in [1.54, 1.807) is 6.07 Å². The maximum atomic E-state index is 13.3. The third-order valence-corrected chi connectivity index (χ3v) is 6.90. The highest BCUT2D eigenvalue weighted by atomic mass is 16.2. The molecule has 158 valence electrons. The van der Waals surface area contributed by atoms with Gasteiger partial charge in [0.2, 0.25) is 11.8 Å². The van der Waals surface area contributed by atoms with Gasteiger partial charge in [0.05, 0.1) is 11.1 Å². The van der Waals surface area contributed by atoms with Crippen molar-refractivity contribution in [3.8, 4) is 0 Å². The largest absolute Gasteiger partial charge is 0.312 e. The Bertz CT molecular complexity index is 924. The number of carbonyl (C=O) groups excluding carboxylic acids is 4. The summed E-state index contributed by atoms with van der Waals surface area (Å²) >= 11 is 0. The molecule has 8 nitrogen and oxygen atoms in total. The van der Waals surface area contributed by atoms with E-state index in [0.717, 1.165) is 36.4 Å². The molecule has 0 saturated carbocycles. The number of hydrogen-bond donors (Lipinski definition) is 2. The lowest BCUT2D eigenvalue weighted by atomic mass is 10.00. The monoisotopic (exact) mass is 410 g/mol. The zero-order valence-electron chi connectivity index (χ0n) is 16.9. The van der Waals surface area contributed by atoms with Gasteiger partial charge >= 0.3 is 0 Å². The molecule has 30 heavy (non-hydrogen) atoms. The summed E-state index contributed by atoms with van der Waals surface area (Å²) in [5.41, 5.74) is 1.61. The van der Waals surface area contributed by atoms with Crippen molar-refractivity contribution < 1.29 is 19.2 Å². The van der Waals surface area contributed by atoms with Crippen LogP contribution in [0.5, 0.6) is 0 Å². The summed E-state index contributed by atoms with van der Waals surface area (Å²) in [6.07, 6.45) is 4.95. The predicted molar refractivity (Wildman–Crippen MR) is 108 cm³/mol. The van der Waals surface area contributed by atoms with Crippen LogP contribution in [0.15, 0.2) is 18.2 Å². The van der Waals surface area contributed by atoms with Crippen LogP contribution in [0.1, 0.15) is 64.8 Å². The Balaban J connectivity index is 1.41. The Labute approximate surface area is 175 Å². The molecule has 4 aliphatic rings. The summed E-state index contributed by atoms with van der Waals surface area (Å²) in [6.45, 7) is 2.66. The van der Waals surface area contributed by atoms with Crippen LogP contribution in [-0.4, -0.2) is 64.6 Å². The number of amides is 4. The number of likely N-dealkylation sites (tertiary alicyclic amines) is 1. The molecule has 4 heterocycles. The van der Waals surface area contributed by atoms with E-state index in [1.165, 1.54) is 12.8 Å². The van der Waals surface area contributed by atoms with Gasteiger partial charge in [0.25, 0.3) is 11.8 Å². The van der Waals surface area contributed by atoms with Crippen molar-refractivity contribution in [2.24, 2.45) is 0 Å². The van der Waals surface area contributed by atoms with Crippen LogP contribution >= 0.6 is 0 Å². The fraction of sp³-hybridized carbons (Fsp3) is 0.545. The molecule has 3 saturated heterocycles. The SMILES string of the molecule is O=C1CCC(N2C(=O)c3cccc(CN4CCCC4C4CCCN4)c3C2=O)C(=O)N1. The quantitative estimate of drug-likeness (QED) is 0.713. The normalized spacial score (nSPS) is 29.6. The minimum absolute atomic E-state index is 0.126. The number of rotatable bonds is 4. The van der Waals surface area contributed by atoms with Crippen molar-refractivity contribution in [1.29, 1.82) is 0 Å². The lowest BCUT2D eigenvalue weighted by molar-refractivity contribution is -0.136. The maximum absolute atomic E-state index is 13.3. The Kier molecular flexibility index (Phi) is 4.91. The summed E-state index contributed by atoms with van der Waals surface area (Å²) in [5.74, 6) is -1.81. The van der Waals surface area contributed by atoms with Gasteiger partial charge in [-0.1, -0.05) is 12.1 Å². The van der Waals surface area contributed by atoms with Gasteiger partial charge < -0.3 is 5.32 Å². The maximum Gasteiger partial charge on any atom is 0.262 e. The number of imide groups is 2. The molecule has 0 aromatic heterocycles. The summed E-state index contributed by atoms with van der Waals surface area (Å²) in [7, 11) is 0. The molecular formula is C22H26N4O4. The van der Waals surface area contributed by atoms with Crippen LogP contribution in [0.3, 0.4) is 0 Å². The van der Waals surface area contributed by atoms with Crippen molar-refractivity contribution >= 4 is 23.6 Å². The first-order valence-electron chi connectivity index (χ1n) is 10.9. The summed E-state index contributed by atoms with van der Waals surface area (Å²) in [5, 5.41) is 5.84. The molecule has 2 N–H and O–H groups in total. The first-order chi connectivity index (χ1) is 14.5. The standard InChI is InChI=1S/C22H26N4O4/c27-18-9-8-17(20(28)24-18)26-21(29)14-5-1-4-13(19(14)22(26)30)12-25-11-3-7-16(25)15-6-2-10-23-15/h1,4-5,15-17,23H,2-3,6-12H2,(H,24,27,28). The average Bonchev–Trinajstić information content (AvgIpc) is 3.45. The van der Waals surface area contributed by atoms with Crippen LogP contribution in [-0.2, 0) is 16.1 Å². The van der Waals surface area contributed by atoms with E-state index in [9.17, 15) is 19.2 Å². The Morgan fingerprint density at radius 1 is 1.00 bits per heavy atom. The van der Waals surface area contributed by atoms with Crippen molar-refractivity contribution in [3.63, 3.8) is 0 Å². The Morgan fingerprint density at radius 2 is 1.87 bits per heavy atom. The van der Waals surface area contributed by atoms with Crippen LogP contribution in [0, 0.1) is 0 Å². The van der Waals surface area contributed by atoms with Crippen LogP contribution in [0.2, 0.25) is 0 Å². The Morgan fingerprint density at radius 3 is 2.63 bits per heavy atom. The van der Waals surface area contributed by atoms with Crippen LogP contribution < -0.4 is 10.6 Å². The van der Waals surface area contributed by atoms with Crippen molar-refractivity contribution in [3.05, 3.63) is 34.9 Å². The van der Waals surface area contributed by atoms with E-state index in [0.29, 0.717) is 29.8 Å². The summed E-state index contributed by atoms with van der Waals surface area (Å²) in [4.78, 5) is 53.5. The number of hydrogen-bond acceptors (Lipinski definition) is 6. The molecular weight excluding hydrogens is 384 g/mol. The first-order valence-corrected chi connectivity index (χ1v) is 10.9. The molecule has 3 atom stereocenters. The second kappa shape index (κ2) is 7.59. The van der Waals surface area contributed by atoms with Gasteiger partial charge in [-0.05, 0) is 56.8 Å². The predicted octanol–water partition coefficient (Wildman–Crippen LogP) is 0.804. The van der Waals surface area contributed by atoms with Gasteiger partial charge in [-0.15, -0.1) is 0 Å². The molecule has 0 bridgehead atoms. The third-order valence-electron chi connectivity index (χ3n) is 6.90. The number of piperidine rings is 1. The average molecular weight is 410 g/mol. The fourth-order valence-electron chi connectivity index (χ4n) is 5.48. The minimum atomic E-state index is -0.926. The zero-order chi connectivity index (χ0) is 20.8. The smallest absolute Gasteiger partial charge is 0.262 e. The molecule has 3 unspecified atom stereocenters. The lowest BCUT2D eigenvalue weighted by Crippen LogP contribution is -2.54. The fourth-order valence-corrected chi connectivity index (χ4v) is 5.48. The van der Waals surface area contributed by atoms with Crippen molar-refractivity contribution in [2.75, 3.05) is 13.1 Å². The van der Waals surface area contributed by atoms with Gasteiger partial charge in [0, 0.05) is 25.0 Å². The topological polar surface area (TPSA) is 98.8 Å². The van der Waals surface area contributed by atoms with E-state index in [1.807, 2.05) is 12.1 Å². The lowest BCUT2D eigenvalue weighted by Gasteiger charge is -2.30. The minimum Gasteiger partial charge on any atom is -0.312 e. The molecule has 1 aromatic carbocycles. The molecule has 8 heteroatoms. The van der Waals surface area contributed by atoms with Gasteiger partial charge in [-0.3, -0.25) is 34.3 Å². The first kappa shape index (κ1) is 19.4. The van der Waals surface area contributed by atoms with Gasteiger partial charge in [-0.25, -0.2) is 0 Å². The number of benzene rings is 1. The molecule has 4 aliphatic heterocycles. The number of carbonyl (C=O) groups is 4. The number of nitrogens with zero attached hydrogens (tertiary/aromatic N) is 2. The van der Waals surface area contributed by atoms with Crippen LogP contribution in [0.25, 0.3) is 0 Å². The molecule has 1 aromatic rings. The highest BCUT2D eigenvalue weighted by Gasteiger charge is 2.46. The summed E-state index contributed by atoms with van der Waals surface area (Å²) in [6, 6.07) is 5.39. The molecule has 5 rings (SSSR count). The van der Waals surface area contributed by atoms with E-state index >= 15 is 0 Å². The van der Waals surface area contributed by atoms with Gasteiger partial charge in [0.1, 0.15) is 6.04 Å². The molecule has 3 fully saturated rings. The third kappa shape index (κ3) is 3.15. The molecule has 0 radical (unpaired) electrons. The zero-order valence-corrected chi connectivity index (χ0v) is 16.9. The summed E-state index contributed by atoms with van der Waals surface area (Å²) < 4.78 is 0. The van der Waals surface area contributed by atoms with Crippen molar-refractivity contribution in [2.45, 2.75) is 63.2 Å². The highest BCUT2D eigenvalue weighted by Crippen LogP contribution is 2.32. The van der Waals surface area contributed by atoms with Gasteiger partial charge in [0.15, 0.2) is 0 Å². The molecule has 0 spiro atoms. The highest BCUT2D eigenvalue weighted by molar-refractivity contribution is 6.24. The van der Waals surface area contributed by atoms with E-state index in [-0.39, 0.29) is 18.7 Å². The van der Waals surface area contributed by atoms with E-state index < -0.39 is 23.8 Å². The van der Waals surface area contributed by atoms with Crippen molar-refractivity contribution in [1.82, 2.24) is 20.4 Å². The second-order valence-electron chi connectivity index (χ2n) is 8.67. The Hall–Kier alpha value is -2.58.